The van der Waals surface area contributed by atoms with Crippen molar-refractivity contribution < 1.29 is 18.7 Å². The molecule has 30 heavy (non-hydrogen) atoms. The highest BCUT2D eigenvalue weighted by Gasteiger charge is 2.19. The summed E-state index contributed by atoms with van der Waals surface area (Å²) in [6, 6.07) is 7.35. The van der Waals surface area contributed by atoms with Gasteiger partial charge < -0.3 is 9.15 Å². The minimum Gasteiger partial charge on any atom is -0.457 e. The fraction of sp³-hybridized carbons (Fsp3) is 0.273. The van der Waals surface area contributed by atoms with Crippen LogP contribution >= 0.6 is 11.3 Å². The van der Waals surface area contributed by atoms with Gasteiger partial charge in [0.2, 0.25) is 5.78 Å². The summed E-state index contributed by atoms with van der Waals surface area (Å²) in [7, 11) is 0. The third kappa shape index (κ3) is 3.54. The highest BCUT2D eigenvalue weighted by molar-refractivity contribution is 7.18. The van der Waals surface area contributed by atoms with Gasteiger partial charge in [0.15, 0.2) is 12.4 Å². The van der Waals surface area contributed by atoms with Gasteiger partial charge >= 0.3 is 5.97 Å². The lowest BCUT2D eigenvalue weighted by Gasteiger charge is -2.06. The predicted octanol–water partition coefficient (Wildman–Crippen LogP) is 3.95. The standard InChI is InChI=1S/C22H20N2O5S/c1-12-14(3)30-21-19(12)22(27)24(11-23-21)9-8-18(26)28-10-16(25)20-13(2)15-6-4-5-7-17(15)29-20/h4-7,11H,8-10H2,1-3H3. The van der Waals surface area contributed by atoms with Crippen LogP contribution in [-0.2, 0) is 16.1 Å². The van der Waals surface area contributed by atoms with E-state index in [1.54, 1.807) is 13.0 Å². The first-order valence-electron chi connectivity index (χ1n) is 9.49. The van der Waals surface area contributed by atoms with Crippen LogP contribution in [0.4, 0.5) is 0 Å². The number of furan rings is 1. The molecule has 0 bridgehead atoms. The second kappa shape index (κ2) is 7.87. The van der Waals surface area contributed by atoms with Crippen molar-refractivity contribution in [2.75, 3.05) is 6.61 Å². The van der Waals surface area contributed by atoms with E-state index in [-0.39, 0.29) is 24.3 Å². The fourth-order valence-electron chi connectivity index (χ4n) is 3.37. The molecule has 8 heteroatoms. The number of rotatable bonds is 6. The fourth-order valence-corrected chi connectivity index (χ4v) is 4.35. The number of aromatic nitrogens is 2. The molecule has 0 atom stereocenters. The number of aryl methyl sites for hydroxylation is 4. The first-order valence-corrected chi connectivity index (χ1v) is 10.3. The van der Waals surface area contributed by atoms with E-state index < -0.39 is 18.4 Å². The lowest BCUT2D eigenvalue weighted by molar-refractivity contribution is -0.142. The van der Waals surface area contributed by atoms with E-state index in [4.69, 9.17) is 9.15 Å². The van der Waals surface area contributed by atoms with Gasteiger partial charge in [-0.25, -0.2) is 4.98 Å². The minimum atomic E-state index is -0.567. The Morgan fingerprint density at radius 2 is 1.93 bits per heavy atom. The molecule has 0 amide bonds. The Labute approximate surface area is 175 Å². The Kier molecular flexibility index (Phi) is 5.26. The third-order valence-corrected chi connectivity index (χ3v) is 6.29. The zero-order valence-electron chi connectivity index (χ0n) is 16.9. The number of hydrogen-bond acceptors (Lipinski definition) is 7. The summed E-state index contributed by atoms with van der Waals surface area (Å²) in [4.78, 5) is 43.2. The Morgan fingerprint density at radius 1 is 1.17 bits per heavy atom. The SMILES string of the molecule is Cc1sc2ncn(CCC(=O)OCC(=O)c3oc4ccccc4c3C)c(=O)c2c1C. The van der Waals surface area contributed by atoms with E-state index in [1.165, 1.54) is 22.2 Å². The van der Waals surface area contributed by atoms with Gasteiger partial charge in [-0.3, -0.25) is 19.0 Å². The zero-order chi connectivity index (χ0) is 21.4. The number of nitrogens with zero attached hydrogens (tertiary/aromatic N) is 2. The van der Waals surface area contributed by atoms with E-state index in [2.05, 4.69) is 4.98 Å². The lowest BCUT2D eigenvalue weighted by Crippen LogP contribution is -2.23. The summed E-state index contributed by atoms with van der Waals surface area (Å²) in [6.45, 7) is 5.36. The molecule has 0 N–H and O–H groups in total. The number of ether oxygens (including phenoxy) is 1. The molecule has 0 spiro atoms. The highest BCUT2D eigenvalue weighted by Crippen LogP contribution is 2.26. The molecule has 0 saturated heterocycles. The molecule has 3 heterocycles. The summed E-state index contributed by atoms with van der Waals surface area (Å²) < 4.78 is 12.1. The Bertz CT molecular complexity index is 1350. The monoisotopic (exact) mass is 424 g/mol. The van der Waals surface area contributed by atoms with Crippen molar-refractivity contribution in [3.63, 3.8) is 0 Å². The normalized spacial score (nSPS) is 11.3. The average Bonchev–Trinajstić information content (AvgIpc) is 3.23. The van der Waals surface area contributed by atoms with E-state index in [9.17, 15) is 14.4 Å². The van der Waals surface area contributed by atoms with Crippen LogP contribution in [0, 0.1) is 20.8 Å². The number of carbonyl (C=O) groups excluding carboxylic acids is 2. The molecule has 1 aromatic carbocycles. The van der Waals surface area contributed by atoms with E-state index in [0.29, 0.717) is 15.8 Å². The number of hydrogen-bond donors (Lipinski definition) is 0. The molecule has 3 aromatic heterocycles. The smallest absolute Gasteiger partial charge is 0.308 e. The van der Waals surface area contributed by atoms with Gasteiger partial charge in [0.1, 0.15) is 10.4 Å². The Balaban J connectivity index is 1.39. The van der Waals surface area contributed by atoms with E-state index in [1.807, 2.05) is 32.0 Å². The maximum absolute atomic E-state index is 12.7. The largest absolute Gasteiger partial charge is 0.457 e. The van der Waals surface area contributed by atoms with Crippen molar-refractivity contribution in [3.8, 4) is 0 Å². The number of benzene rings is 1. The number of thiophene rings is 1. The lowest BCUT2D eigenvalue weighted by atomic mass is 10.1. The summed E-state index contributed by atoms with van der Waals surface area (Å²) in [5.74, 6) is -0.776. The maximum Gasteiger partial charge on any atom is 0.308 e. The summed E-state index contributed by atoms with van der Waals surface area (Å²) in [5.41, 5.74) is 2.07. The first kappa shape index (κ1) is 20.0. The number of ketones is 1. The van der Waals surface area contributed by atoms with E-state index in [0.717, 1.165) is 21.4 Å². The van der Waals surface area contributed by atoms with Crippen LogP contribution in [0.1, 0.15) is 33.0 Å². The van der Waals surface area contributed by atoms with Crippen molar-refractivity contribution in [2.45, 2.75) is 33.7 Å². The van der Waals surface area contributed by atoms with Crippen molar-refractivity contribution in [2.24, 2.45) is 0 Å². The summed E-state index contributed by atoms with van der Waals surface area (Å²) in [5, 5.41) is 1.44. The second-order valence-electron chi connectivity index (χ2n) is 7.09. The number of para-hydroxylation sites is 1. The van der Waals surface area contributed by atoms with Crippen molar-refractivity contribution in [1.29, 1.82) is 0 Å². The van der Waals surface area contributed by atoms with Gasteiger partial charge in [0.05, 0.1) is 18.1 Å². The number of carbonyl (C=O) groups is 2. The summed E-state index contributed by atoms with van der Waals surface area (Å²) >= 11 is 1.48. The molecule has 0 fully saturated rings. The van der Waals surface area contributed by atoms with Crippen LogP contribution in [-0.4, -0.2) is 27.9 Å². The second-order valence-corrected chi connectivity index (χ2v) is 8.30. The van der Waals surface area contributed by atoms with Gasteiger partial charge in [0.25, 0.3) is 5.56 Å². The first-order chi connectivity index (χ1) is 14.4. The van der Waals surface area contributed by atoms with Crippen LogP contribution in [0.25, 0.3) is 21.2 Å². The number of fused-ring (bicyclic) bond motifs is 2. The van der Waals surface area contributed by atoms with Gasteiger partial charge in [0, 0.05) is 22.4 Å². The van der Waals surface area contributed by atoms with Gasteiger partial charge in [-0.15, -0.1) is 11.3 Å². The molecule has 0 unspecified atom stereocenters. The van der Waals surface area contributed by atoms with Gasteiger partial charge in [-0.05, 0) is 32.4 Å². The molecule has 4 aromatic rings. The minimum absolute atomic E-state index is 0.0400. The summed E-state index contributed by atoms with van der Waals surface area (Å²) in [6.07, 6.45) is 1.40. The van der Waals surface area contributed by atoms with Gasteiger partial charge in [-0.1, -0.05) is 18.2 Å². The van der Waals surface area contributed by atoms with E-state index >= 15 is 0 Å². The molecule has 0 aliphatic carbocycles. The maximum atomic E-state index is 12.7. The van der Waals surface area contributed by atoms with Crippen LogP contribution in [0.15, 0.2) is 39.8 Å². The van der Waals surface area contributed by atoms with Crippen LogP contribution in [0.5, 0.6) is 0 Å². The quantitative estimate of drug-likeness (QED) is 0.344. The molecular weight excluding hydrogens is 404 g/mol. The topological polar surface area (TPSA) is 91.4 Å². The zero-order valence-corrected chi connectivity index (χ0v) is 17.7. The molecule has 154 valence electrons. The molecule has 0 radical (unpaired) electrons. The van der Waals surface area contributed by atoms with Gasteiger partial charge in [-0.2, -0.15) is 0 Å². The highest BCUT2D eigenvalue weighted by atomic mass is 32.1. The Morgan fingerprint density at radius 3 is 2.70 bits per heavy atom. The molecule has 7 nitrogen and oxygen atoms in total. The molecule has 0 aliphatic heterocycles. The molecule has 4 rings (SSSR count). The average molecular weight is 424 g/mol. The molecular formula is C22H20N2O5S. The molecule has 0 saturated carbocycles. The van der Waals surface area contributed by atoms with Crippen LogP contribution in [0.2, 0.25) is 0 Å². The Hall–Kier alpha value is -3.26. The van der Waals surface area contributed by atoms with Crippen molar-refractivity contribution >= 4 is 44.3 Å². The molecule has 0 aliphatic rings. The predicted molar refractivity (Wildman–Crippen MR) is 114 cm³/mol. The number of Topliss-reactive ketones (excluding diaryl/α,β-unsaturated/α-hetero) is 1. The number of esters is 1. The van der Waals surface area contributed by atoms with Crippen LogP contribution < -0.4 is 5.56 Å². The van der Waals surface area contributed by atoms with Crippen molar-refractivity contribution in [3.05, 3.63) is 62.7 Å². The van der Waals surface area contributed by atoms with Crippen molar-refractivity contribution in [1.82, 2.24) is 9.55 Å². The third-order valence-electron chi connectivity index (χ3n) is 5.17. The van der Waals surface area contributed by atoms with Crippen LogP contribution in [0.3, 0.4) is 0 Å².